The van der Waals surface area contributed by atoms with Crippen LogP contribution in [0, 0.1) is 0 Å². The first-order valence-electron chi connectivity index (χ1n) is 8.58. The fourth-order valence-electron chi connectivity index (χ4n) is 3.03. The van der Waals surface area contributed by atoms with Gasteiger partial charge in [0.25, 0.3) is 0 Å². The van der Waals surface area contributed by atoms with Crippen LogP contribution in [0.5, 0.6) is 0 Å². The Balaban J connectivity index is 1.67. The highest BCUT2D eigenvalue weighted by Crippen LogP contribution is 2.40. The van der Waals surface area contributed by atoms with E-state index in [0.717, 1.165) is 0 Å². The topological polar surface area (TPSA) is 0 Å². The molecule has 0 saturated heterocycles. The summed E-state index contributed by atoms with van der Waals surface area (Å²) in [7, 11) is -0.912. The molecule has 4 aromatic carbocycles. The molecular weight excluding hydrogens is 355 g/mol. The Morgan fingerprint density at radius 1 is 0.423 bits per heavy atom. The molecule has 0 amide bonds. The molecule has 0 N–H and O–H groups in total. The molecule has 0 aliphatic heterocycles. The van der Waals surface area contributed by atoms with Crippen molar-refractivity contribution in [3.05, 3.63) is 109 Å². The summed E-state index contributed by atoms with van der Waals surface area (Å²) in [4.78, 5) is 0. The molecule has 0 aliphatic rings. The minimum Gasteiger partial charge on any atom is -0.0859 e. The van der Waals surface area contributed by atoms with Crippen LogP contribution in [0.3, 0.4) is 0 Å². The van der Waals surface area contributed by atoms with Gasteiger partial charge in [-0.15, -0.1) is 0 Å². The van der Waals surface area contributed by atoms with E-state index in [-0.39, 0.29) is 0 Å². The van der Waals surface area contributed by atoms with E-state index >= 15 is 0 Å². The first-order chi connectivity index (χ1) is 12.8. The van der Waals surface area contributed by atoms with Crippen molar-refractivity contribution in [1.82, 2.24) is 0 Å². The van der Waals surface area contributed by atoms with Crippen LogP contribution < -0.4 is 10.6 Å². The van der Waals surface area contributed by atoms with Crippen LogP contribution in [0.4, 0.5) is 0 Å². The number of halogens is 1. The quantitative estimate of drug-likeness (QED) is 0.354. The second-order valence-corrected chi connectivity index (χ2v) is 8.72. The van der Waals surface area contributed by atoms with E-state index in [9.17, 15) is 0 Å². The maximum absolute atomic E-state index is 6.92. The lowest BCUT2D eigenvalue weighted by atomic mass is 10.1. The Morgan fingerprint density at radius 2 is 0.808 bits per heavy atom. The van der Waals surface area contributed by atoms with Gasteiger partial charge in [0.05, 0.1) is 7.27 Å². The van der Waals surface area contributed by atoms with Crippen molar-refractivity contribution in [1.29, 1.82) is 0 Å². The van der Waals surface area contributed by atoms with Crippen LogP contribution in [0.1, 0.15) is 0 Å². The molecule has 0 aliphatic carbocycles. The Bertz CT molecular complexity index is 914. The van der Waals surface area contributed by atoms with E-state index < -0.39 is 7.27 Å². The largest absolute Gasteiger partial charge is 0.0859 e. The zero-order chi connectivity index (χ0) is 17.8. The summed E-state index contributed by atoms with van der Waals surface area (Å²) >= 11 is 6.92. The van der Waals surface area contributed by atoms with E-state index in [4.69, 9.17) is 11.2 Å². The van der Waals surface area contributed by atoms with Crippen molar-refractivity contribution in [3.8, 4) is 22.3 Å². The second kappa shape index (κ2) is 7.87. The van der Waals surface area contributed by atoms with E-state index in [0.29, 0.717) is 0 Å². The third kappa shape index (κ3) is 3.73. The Morgan fingerprint density at radius 3 is 1.23 bits per heavy atom. The predicted molar refractivity (Wildman–Crippen MR) is 116 cm³/mol. The third-order valence-corrected chi connectivity index (χ3v) is 6.99. The molecule has 0 nitrogen and oxygen atoms in total. The zero-order valence-electron chi connectivity index (χ0n) is 14.2. The first-order valence-corrected chi connectivity index (χ1v) is 10.8. The van der Waals surface area contributed by atoms with E-state index in [2.05, 4.69) is 97.1 Å². The van der Waals surface area contributed by atoms with Gasteiger partial charge in [-0.3, -0.25) is 0 Å². The summed E-state index contributed by atoms with van der Waals surface area (Å²) in [6, 6.07) is 38.0. The summed E-state index contributed by atoms with van der Waals surface area (Å²) < 4.78 is 0. The Hall–Kier alpha value is -2.40. The first kappa shape index (κ1) is 17.0. The van der Waals surface area contributed by atoms with Gasteiger partial charge in [-0.2, -0.15) is 0 Å². The SMILES string of the molecule is ClP(c1cccc(-c2ccccc2)c1)c1cccc(-c2ccccc2)c1. The molecule has 4 rings (SSSR count). The third-order valence-electron chi connectivity index (χ3n) is 4.36. The van der Waals surface area contributed by atoms with Crippen molar-refractivity contribution in [2.45, 2.75) is 0 Å². The average molecular weight is 373 g/mol. The minimum atomic E-state index is -0.912. The Labute approximate surface area is 160 Å². The van der Waals surface area contributed by atoms with Crippen LogP contribution in [-0.4, -0.2) is 0 Å². The molecule has 0 atom stereocenters. The van der Waals surface area contributed by atoms with Crippen molar-refractivity contribution in [3.63, 3.8) is 0 Å². The van der Waals surface area contributed by atoms with Gasteiger partial charge in [-0.05, 0) is 45.0 Å². The summed E-state index contributed by atoms with van der Waals surface area (Å²) in [5, 5.41) is 2.35. The van der Waals surface area contributed by atoms with Gasteiger partial charge in [0.15, 0.2) is 0 Å². The number of rotatable bonds is 4. The lowest BCUT2D eigenvalue weighted by Crippen LogP contribution is -2.08. The molecule has 0 spiro atoms. The Kier molecular flexibility index (Phi) is 5.16. The van der Waals surface area contributed by atoms with Crippen molar-refractivity contribution in [2.75, 3.05) is 0 Å². The van der Waals surface area contributed by atoms with Crippen LogP contribution >= 0.6 is 18.5 Å². The standard InChI is InChI=1S/C24H18ClP/c25-26(23-15-7-13-21(17-23)19-9-3-1-4-10-19)24-16-8-14-22(18-24)20-11-5-2-6-12-20/h1-18H. The normalized spacial score (nSPS) is 10.8. The fourth-order valence-corrected chi connectivity index (χ4v) is 4.89. The van der Waals surface area contributed by atoms with Gasteiger partial charge in [0.1, 0.15) is 0 Å². The molecule has 0 aromatic heterocycles. The van der Waals surface area contributed by atoms with Crippen molar-refractivity contribution < 1.29 is 0 Å². The van der Waals surface area contributed by atoms with E-state index in [1.165, 1.54) is 32.9 Å². The highest BCUT2D eigenvalue weighted by atomic mass is 35.7. The summed E-state index contributed by atoms with van der Waals surface area (Å²) in [6.07, 6.45) is 0. The average Bonchev–Trinajstić information content (AvgIpc) is 2.75. The van der Waals surface area contributed by atoms with Crippen LogP contribution in [0.25, 0.3) is 22.3 Å². The molecule has 0 fully saturated rings. The molecule has 26 heavy (non-hydrogen) atoms. The fraction of sp³-hybridized carbons (Fsp3) is 0. The molecule has 0 bridgehead atoms. The maximum Gasteiger partial charge on any atom is 0.0524 e. The summed E-state index contributed by atoms with van der Waals surface area (Å²) in [6.45, 7) is 0. The molecular formula is C24H18ClP. The van der Waals surface area contributed by atoms with Crippen LogP contribution in [0.15, 0.2) is 109 Å². The number of benzene rings is 4. The number of hydrogen-bond acceptors (Lipinski definition) is 0. The monoisotopic (exact) mass is 372 g/mol. The van der Waals surface area contributed by atoms with Crippen LogP contribution in [0.2, 0.25) is 0 Å². The number of hydrogen-bond donors (Lipinski definition) is 0. The van der Waals surface area contributed by atoms with Gasteiger partial charge < -0.3 is 0 Å². The van der Waals surface area contributed by atoms with Gasteiger partial charge >= 0.3 is 0 Å². The molecule has 4 aromatic rings. The molecule has 126 valence electrons. The summed E-state index contributed by atoms with van der Waals surface area (Å²) in [5.74, 6) is 0. The van der Waals surface area contributed by atoms with E-state index in [1.807, 2.05) is 12.1 Å². The molecule has 2 heteroatoms. The van der Waals surface area contributed by atoms with Crippen LogP contribution in [-0.2, 0) is 0 Å². The van der Waals surface area contributed by atoms with Gasteiger partial charge in [0, 0.05) is 0 Å². The van der Waals surface area contributed by atoms with E-state index in [1.54, 1.807) is 0 Å². The molecule has 0 saturated carbocycles. The molecule has 0 heterocycles. The lowest BCUT2D eigenvalue weighted by Gasteiger charge is -2.13. The highest BCUT2D eigenvalue weighted by molar-refractivity contribution is 7.95. The summed E-state index contributed by atoms with van der Waals surface area (Å²) in [5.41, 5.74) is 4.84. The van der Waals surface area contributed by atoms with Crippen molar-refractivity contribution >= 4 is 29.1 Å². The molecule has 0 unspecified atom stereocenters. The lowest BCUT2D eigenvalue weighted by molar-refractivity contribution is 1.63. The molecule has 0 radical (unpaired) electrons. The zero-order valence-corrected chi connectivity index (χ0v) is 15.9. The maximum atomic E-state index is 6.92. The smallest absolute Gasteiger partial charge is 0.0524 e. The second-order valence-electron chi connectivity index (χ2n) is 6.11. The minimum absolute atomic E-state index is 0.912. The predicted octanol–water partition coefficient (Wildman–Crippen LogP) is 6.61. The van der Waals surface area contributed by atoms with Gasteiger partial charge in [-0.25, -0.2) is 0 Å². The van der Waals surface area contributed by atoms with Gasteiger partial charge in [0.2, 0.25) is 0 Å². The van der Waals surface area contributed by atoms with Gasteiger partial charge in [-0.1, -0.05) is 108 Å². The highest BCUT2D eigenvalue weighted by Gasteiger charge is 2.12. The van der Waals surface area contributed by atoms with Crippen molar-refractivity contribution in [2.24, 2.45) is 0 Å².